The number of rotatable bonds is 5. The fourth-order valence-electron chi connectivity index (χ4n) is 2.05. The molecular weight excluding hydrogens is 286 g/mol. The zero-order valence-electron chi connectivity index (χ0n) is 12.1. The number of carbonyl (C=O) groups is 1. The van der Waals surface area contributed by atoms with E-state index in [1.165, 1.54) is 11.1 Å². The maximum Gasteiger partial charge on any atom is 0.251 e. The Bertz CT molecular complexity index is 643. The minimum absolute atomic E-state index is 0.150. The molecule has 0 atom stereocenters. The van der Waals surface area contributed by atoms with Crippen molar-refractivity contribution in [3.05, 3.63) is 58.2 Å². The molecule has 2 aromatic rings. The number of benzene rings is 1. The molecule has 1 aromatic carbocycles. The molecule has 0 bridgehead atoms. The van der Waals surface area contributed by atoms with Crippen molar-refractivity contribution in [1.82, 2.24) is 10.3 Å². The average molecular weight is 304 g/mol. The van der Waals surface area contributed by atoms with Crippen LogP contribution < -0.4 is 10.6 Å². The van der Waals surface area contributed by atoms with E-state index in [0.717, 1.165) is 6.42 Å². The molecule has 0 aliphatic rings. The summed E-state index contributed by atoms with van der Waals surface area (Å²) in [6, 6.07) is 11.5. The third-order valence-corrected chi connectivity index (χ3v) is 3.29. The van der Waals surface area contributed by atoms with Crippen LogP contribution in [0.15, 0.2) is 36.4 Å². The summed E-state index contributed by atoms with van der Waals surface area (Å²) in [5.41, 5.74) is 2.93. The summed E-state index contributed by atoms with van der Waals surface area (Å²) >= 11 is 5.89. The monoisotopic (exact) mass is 303 g/mol. The van der Waals surface area contributed by atoms with Gasteiger partial charge in [0, 0.05) is 19.2 Å². The first-order valence-electron chi connectivity index (χ1n) is 6.77. The van der Waals surface area contributed by atoms with E-state index in [1.807, 2.05) is 6.07 Å². The molecule has 1 amide bonds. The highest BCUT2D eigenvalue weighted by Gasteiger charge is 2.08. The van der Waals surface area contributed by atoms with Gasteiger partial charge in [-0.15, -0.1) is 0 Å². The van der Waals surface area contributed by atoms with Crippen LogP contribution in [0, 0.1) is 6.92 Å². The second kappa shape index (κ2) is 7.09. The van der Waals surface area contributed by atoms with Gasteiger partial charge in [0.1, 0.15) is 11.0 Å². The van der Waals surface area contributed by atoms with E-state index in [4.69, 9.17) is 11.6 Å². The molecule has 1 aromatic heterocycles. The van der Waals surface area contributed by atoms with Crippen LogP contribution in [-0.2, 0) is 6.42 Å². The van der Waals surface area contributed by atoms with Gasteiger partial charge in [-0.05, 0) is 31.0 Å². The summed E-state index contributed by atoms with van der Waals surface area (Å²) in [5.74, 6) is 0.426. The fourth-order valence-corrected chi connectivity index (χ4v) is 2.25. The minimum atomic E-state index is -0.150. The van der Waals surface area contributed by atoms with Crippen molar-refractivity contribution in [1.29, 1.82) is 0 Å². The number of anilines is 1. The van der Waals surface area contributed by atoms with E-state index >= 15 is 0 Å². The Kier molecular flexibility index (Phi) is 5.17. The first kappa shape index (κ1) is 15.3. The number of pyridine rings is 1. The van der Waals surface area contributed by atoms with Crippen molar-refractivity contribution in [2.75, 3.05) is 18.9 Å². The molecule has 4 nitrogen and oxygen atoms in total. The lowest BCUT2D eigenvalue weighted by Gasteiger charge is -2.08. The van der Waals surface area contributed by atoms with Gasteiger partial charge in [-0.2, -0.15) is 0 Å². The third-order valence-electron chi connectivity index (χ3n) is 3.09. The second-order valence-corrected chi connectivity index (χ2v) is 5.20. The molecule has 0 unspecified atom stereocenters. The normalized spacial score (nSPS) is 10.2. The van der Waals surface area contributed by atoms with Gasteiger partial charge in [0.25, 0.3) is 5.91 Å². The predicted molar refractivity (Wildman–Crippen MR) is 86.0 cm³/mol. The van der Waals surface area contributed by atoms with Crippen LogP contribution in [-0.4, -0.2) is 24.5 Å². The molecule has 0 saturated heterocycles. The molecular formula is C16H18ClN3O. The summed E-state index contributed by atoms with van der Waals surface area (Å²) in [4.78, 5) is 16.1. The van der Waals surface area contributed by atoms with Gasteiger partial charge in [0.05, 0.1) is 0 Å². The van der Waals surface area contributed by atoms with E-state index in [0.29, 0.717) is 23.1 Å². The van der Waals surface area contributed by atoms with Crippen LogP contribution in [0.25, 0.3) is 0 Å². The fraction of sp³-hybridized carbons (Fsp3) is 0.250. The molecule has 0 saturated carbocycles. The first-order valence-corrected chi connectivity index (χ1v) is 7.15. The number of aromatic nitrogens is 1. The highest BCUT2D eigenvalue weighted by molar-refractivity contribution is 6.29. The number of nitrogens with zero attached hydrogens (tertiary/aromatic N) is 1. The van der Waals surface area contributed by atoms with E-state index < -0.39 is 0 Å². The molecule has 2 N–H and O–H groups in total. The number of aryl methyl sites for hydroxylation is 1. The quantitative estimate of drug-likeness (QED) is 0.835. The van der Waals surface area contributed by atoms with Gasteiger partial charge in [-0.1, -0.05) is 41.4 Å². The van der Waals surface area contributed by atoms with Crippen molar-refractivity contribution >= 4 is 23.3 Å². The second-order valence-electron chi connectivity index (χ2n) is 4.81. The van der Waals surface area contributed by atoms with E-state index in [2.05, 4.69) is 40.7 Å². The Morgan fingerprint density at radius 2 is 2.10 bits per heavy atom. The Labute approximate surface area is 129 Å². The van der Waals surface area contributed by atoms with E-state index in [-0.39, 0.29) is 5.91 Å². The lowest BCUT2D eigenvalue weighted by molar-refractivity contribution is 0.0954. The van der Waals surface area contributed by atoms with Crippen molar-refractivity contribution in [2.24, 2.45) is 0 Å². The summed E-state index contributed by atoms with van der Waals surface area (Å²) < 4.78 is 0. The molecule has 0 fully saturated rings. The number of hydrogen-bond acceptors (Lipinski definition) is 3. The number of carbonyl (C=O) groups excluding carboxylic acids is 1. The molecule has 110 valence electrons. The SMILES string of the molecule is CNc1cc(C(=O)NCCc2cccc(C)c2)cc(Cl)n1. The topological polar surface area (TPSA) is 54.0 Å². The maximum absolute atomic E-state index is 12.1. The molecule has 0 aliphatic carbocycles. The summed E-state index contributed by atoms with van der Waals surface area (Å²) in [7, 11) is 1.73. The van der Waals surface area contributed by atoms with Gasteiger partial charge < -0.3 is 10.6 Å². The summed E-state index contributed by atoms with van der Waals surface area (Å²) in [6.07, 6.45) is 0.797. The molecule has 0 aliphatic heterocycles. The van der Waals surface area contributed by atoms with Gasteiger partial charge in [-0.25, -0.2) is 4.98 Å². The Morgan fingerprint density at radius 1 is 1.29 bits per heavy atom. The average Bonchev–Trinajstić information content (AvgIpc) is 2.46. The lowest BCUT2D eigenvalue weighted by Crippen LogP contribution is -2.25. The van der Waals surface area contributed by atoms with Crippen molar-refractivity contribution in [3.63, 3.8) is 0 Å². The highest BCUT2D eigenvalue weighted by atomic mass is 35.5. The molecule has 0 radical (unpaired) electrons. The van der Waals surface area contributed by atoms with Gasteiger partial charge in [-0.3, -0.25) is 4.79 Å². The first-order chi connectivity index (χ1) is 10.1. The van der Waals surface area contributed by atoms with Gasteiger partial charge in [0.15, 0.2) is 0 Å². The smallest absolute Gasteiger partial charge is 0.251 e. The highest BCUT2D eigenvalue weighted by Crippen LogP contribution is 2.14. The predicted octanol–water partition coefficient (Wildman–Crippen LogP) is 3.06. The molecule has 1 heterocycles. The van der Waals surface area contributed by atoms with Crippen molar-refractivity contribution in [3.8, 4) is 0 Å². The Morgan fingerprint density at radius 3 is 2.81 bits per heavy atom. The van der Waals surface area contributed by atoms with Crippen molar-refractivity contribution in [2.45, 2.75) is 13.3 Å². The largest absolute Gasteiger partial charge is 0.373 e. The van der Waals surface area contributed by atoms with Crippen LogP contribution in [0.3, 0.4) is 0 Å². The van der Waals surface area contributed by atoms with Crippen LogP contribution >= 0.6 is 11.6 Å². The third kappa shape index (κ3) is 4.46. The summed E-state index contributed by atoms with van der Waals surface area (Å²) in [5, 5.41) is 6.06. The van der Waals surface area contributed by atoms with Crippen LogP contribution in [0.4, 0.5) is 5.82 Å². The van der Waals surface area contributed by atoms with E-state index in [9.17, 15) is 4.79 Å². The zero-order chi connectivity index (χ0) is 15.2. The number of amides is 1. The van der Waals surface area contributed by atoms with Gasteiger partial charge >= 0.3 is 0 Å². The van der Waals surface area contributed by atoms with Crippen LogP contribution in [0.1, 0.15) is 21.5 Å². The van der Waals surface area contributed by atoms with Crippen LogP contribution in [0.5, 0.6) is 0 Å². The Hall–Kier alpha value is -2.07. The molecule has 2 rings (SSSR count). The standard InChI is InChI=1S/C16H18ClN3O/c1-11-4-3-5-12(8-11)6-7-19-16(21)13-9-14(17)20-15(10-13)18-2/h3-5,8-10H,6-7H2,1-2H3,(H,18,20)(H,19,21). The zero-order valence-corrected chi connectivity index (χ0v) is 12.9. The lowest BCUT2D eigenvalue weighted by atomic mass is 10.1. The Balaban J connectivity index is 1.94. The van der Waals surface area contributed by atoms with Crippen LogP contribution in [0.2, 0.25) is 5.15 Å². The molecule has 5 heteroatoms. The van der Waals surface area contributed by atoms with Crippen molar-refractivity contribution < 1.29 is 4.79 Å². The van der Waals surface area contributed by atoms with Gasteiger partial charge in [0.2, 0.25) is 0 Å². The number of nitrogens with one attached hydrogen (secondary N) is 2. The molecule has 0 spiro atoms. The van der Waals surface area contributed by atoms with E-state index in [1.54, 1.807) is 19.2 Å². The maximum atomic E-state index is 12.1. The minimum Gasteiger partial charge on any atom is -0.373 e. The summed E-state index contributed by atoms with van der Waals surface area (Å²) in [6.45, 7) is 2.64. The number of hydrogen-bond donors (Lipinski definition) is 2. The number of halogens is 1. The molecule has 21 heavy (non-hydrogen) atoms.